The van der Waals surface area contributed by atoms with Crippen molar-refractivity contribution in [1.82, 2.24) is 0 Å². The molecule has 0 saturated heterocycles. The first-order chi connectivity index (χ1) is 6.16. The van der Waals surface area contributed by atoms with Crippen LogP contribution >= 0.6 is 0 Å². The van der Waals surface area contributed by atoms with Crippen molar-refractivity contribution >= 4 is 10.5 Å². The van der Waals surface area contributed by atoms with Crippen molar-refractivity contribution in [1.29, 1.82) is 0 Å². The van der Waals surface area contributed by atoms with Crippen molar-refractivity contribution < 1.29 is 9.46 Å². The van der Waals surface area contributed by atoms with Crippen LogP contribution in [0, 0.1) is 13.8 Å². The Hall–Kier alpha value is -0.643. The van der Waals surface area contributed by atoms with E-state index in [0.29, 0.717) is 10.5 Å². The summed E-state index contributed by atoms with van der Waals surface area (Å²) in [4.78, 5) is 5.13. The molecule has 1 atom stereocenters. The van der Waals surface area contributed by atoms with E-state index in [9.17, 15) is 0 Å². The van der Waals surface area contributed by atoms with Gasteiger partial charge in [-0.3, -0.25) is 4.58 Å². The van der Waals surface area contributed by atoms with Crippen LogP contribution in [0.5, 0.6) is 0 Å². The van der Waals surface area contributed by atoms with Crippen LogP contribution in [0.1, 0.15) is 29.7 Å². The van der Waals surface area contributed by atoms with E-state index in [1.54, 1.807) is 0 Å². The smallest absolute Gasteiger partial charge is 0.193 e. The second-order valence-electron chi connectivity index (χ2n) is 3.19. The largest absolute Gasteiger partial charge is 0.298 e. The molecule has 0 heterocycles. The maximum Gasteiger partial charge on any atom is 0.193 e. The summed E-state index contributed by atoms with van der Waals surface area (Å²) < 4.78 is 4.79. The molecule has 1 aromatic carbocycles. The van der Waals surface area contributed by atoms with E-state index in [1.165, 1.54) is 16.7 Å². The van der Waals surface area contributed by atoms with E-state index in [-0.39, 0.29) is 6.10 Å². The van der Waals surface area contributed by atoms with Crippen LogP contribution in [0.25, 0.3) is 0 Å². The molecule has 2 nitrogen and oxygen atoms in total. The van der Waals surface area contributed by atoms with Gasteiger partial charge in [0.25, 0.3) is 0 Å². The second-order valence-corrected chi connectivity index (χ2v) is 3.53. The standard InChI is InChI=1S/C10H16O2Si/c1-7-5-4-6-10(8(7)2)9(3)11-12-13/h4-6,9H,1-3,13H3. The maximum absolute atomic E-state index is 5.13. The first kappa shape index (κ1) is 10.4. The Morgan fingerprint density at radius 2 is 2.00 bits per heavy atom. The Morgan fingerprint density at radius 1 is 1.31 bits per heavy atom. The molecule has 0 spiro atoms. The number of aryl methyl sites for hydroxylation is 1. The highest BCUT2D eigenvalue weighted by atomic mass is 28.2. The second kappa shape index (κ2) is 4.55. The molecule has 72 valence electrons. The molecular weight excluding hydrogens is 180 g/mol. The highest BCUT2D eigenvalue weighted by Gasteiger charge is 2.09. The molecule has 0 N–H and O–H groups in total. The summed E-state index contributed by atoms with van der Waals surface area (Å²) in [5, 5.41) is 0. The molecule has 1 rings (SSSR count). The van der Waals surface area contributed by atoms with E-state index in [1.807, 2.05) is 13.0 Å². The van der Waals surface area contributed by atoms with E-state index in [2.05, 4.69) is 26.0 Å². The molecule has 0 aromatic heterocycles. The van der Waals surface area contributed by atoms with Gasteiger partial charge in [-0.25, -0.2) is 4.89 Å². The van der Waals surface area contributed by atoms with Crippen molar-refractivity contribution in [2.75, 3.05) is 0 Å². The van der Waals surface area contributed by atoms with Crippen LogP contribution in [-0.4, -0.2) is 10.5 Å². The summed E-state index contributed by atoms with van der Waals surface area (Å²) in [6.07, 6.45) is 0.0254. The molecule has 0 amide bonds. The van der Waals surface area contributed by atoms with E-state index in [0.717, 1.165) is 0 Å². The fraction of sp³-hybridized carbons (Fsp3) is 0.400. The first-order valence-electron chi connectivity index (χ1n) is 4.42. The minimum atomic E-state index is 0.0254. The van der Waals surface area contributed by atoms with Gasteiger partial charge in [-0.15, -0.1) is 0 Å². The summed E-state index contributed by atoms with van der Waals surface area (Å²) in [7, 11) is 0.612. The lowest BCUT2D eigenvalue weighted by molar-refractivity contribution is -0.240. The van der Waals surface area contributed by atoms with Gasteiger partial charge in [-0.1, -0.05) is 18.2 Å². The minimum absolute atomic E-state index is 0.0254. The fourth-order valence-corrected chi connectivity index (χ4v) is 1.70. The van der Waals surface area contributed by atoms with Crippen LogP contribution in [0.4, 0.5) is 0 Å². The third kappa shape index (κ3) is 2.40. The summed E-state index contributed by atoms with van der Waals surface area (Å²) >= 11 is 0. The molecule has 0 saturated carbocycles. The molecule has 1 aromatic rings. The molecule has 0 aliphatic rings. The number of benzene rings is 1. The van der Waals surface area contributed by atoms with Crippen molar-refractivity contribution in [2.24, 2.45) is 0 Å². The summed E-state index contributed by atoms with van der Waals surface area (Å²) in [5.74, 6) is 0. The summed E-state index contributed by atoms with van der Waals surface area (Å²) in [6, 6.07) is 6.23. The van der Waals surface area contributed by atoms with Crippen molar-refractivity contribution in [2.45, 2.75) is 26.9 Å². The average Bonchev–Trinajstić information content (AvgIpc) is 2.10. The van der Waals surface area contributed by atoms with Crippen molar-refractivity contribution in [3.8, 4) is 0 Å². The predicted molar refractivity (Wildman–Crippen MR) is 56.4 cm³/mol. The normalized spacial score (nSPS) is 13.2. The zero-order valence-corrected chi connectivity index (χ0v) is 10.6. The van der Waals surface area contributed by atoms with Gasteiger partial charge < -0.3 is 0 Å². The molecule has 13 heavy (non-hydrogen) atoms. The van der Waals surface area contributed by atoms with Gasteiger partial charge in [0.2, 0.25) is 0 Å². The van der Waals surface area contributed by atoms with E-state index < -0.39 is 0 Å². The molecule has 3 heteroatoms. The Labute approximate surface area is 82.3 Å². The topological polar surface area (TPSA) is 18.5 Å². The molecule has 1 unspecified atom stereocenters. The lowest BCUT2D eigenvalue weighted by Gasteiger charge is -2.14. The molecule has 0 aliphatic heterocycles. The predicted octanol–water partition coefficient (Wildman–Crippen LogP) is 1.59. The summed E-state index contributed by atoms with van der Waals surface area (Å²) in [5.41, 5.74) is 3.78. The maximum atomic E-state index is 5.13. The van der Waals surface area contributed by atoms with E-state index >= 15 is 0 Å². The number of hydrogen-bond acceptors (Lipinski definition) is 2. The Bertz CT molecular complexity index is 286. The van der Waals surface area contributed by atoms with Gasteiger partial charge in [0, 0.05) is 0 Å². The highest BCUT2D eigenvalue weighted by molar-refractivity contribution is 5.97. The van der Waals surface area contributed by atoms with Crippen LogP contribution in [-0.2, 0) is 9.46 Å². The zero-order valence-electron chi connectivity index (χ0n) is 8.63. The minimum Gasteiger partial charge on any atom is -0.298 e. The third-order valence-corrected chi connectivity index (χ3v) is 2.52. The molecule has 0 aliphatic carbocycles. The molecule has 0 radical (unpaired) electrons. The fourth-order valence-electron chi connectivity index (χ4n) is 1.41. The van der Waals surface area contributed by atoms with Gasteiger partial charge in [0.05, 0.1) is 0 Å². The van der Waals surface area contributed by atoms with Crippen LogP contribution in [0.2, 0.25) is 0 Å². The molecular formula is C10H16O2Si. The lowest BCUT2D eigenvalue weighted by Crippen LogP contribution is -2.02. The van der Waals surface area contributed by atoms with Crippen LogP contribution in [0.3, 0.4) is 0 Å². The monoisotopic (exact) mass is 196 g/mol. The first-order valence-corrected chi connectivity index (χ1v) is 5.24. The zero-order chi connectivity index (χ0) is 9.84. The van der Waals surface area contributed by atoms with Gasteiger partial charge in [0.1, 0.15) is 6.10 Å². The SMILES string of the molecule is Cc1cccc(C(C)OO[SiH3])c1C. The molecule has 0 fully saturated rings. The highest BCUT2D eigenvalue weighted by Crippen LogP contribution is 2.22. The van der Waals surface area contributed by atoms with Crippen molar-refractivity contribution in [3.63, 3.8) is 0 Å². The van der Waals surface area contributed by atoms with Gasteiger partial charge in [0.15, 0.2) is 10.5 Å². The van der Waals surface area contributed by atoms with E-state index in [4.69, 9.17) is 9.46 Å². The quantitative estimate of drug-likeness (QED) is 0.415. The van der Waals surface area contributed by atoms with Crippen LogP contribution in [0.15, 0.2) is 18.2 Å². The summed E-state index contributed by atoms with van der Waals surface area (Å²) in [6.45, 7) is 6.21. The lowest BCUT2D eigenvalue weighted by atomic mass is 10.0. The number of hydrogen-bond donors (Lipinski definition) is 0. The van der Waals surface area contributed by atoms with Crippen LogP contribution < -0.4 is 0 Å². The Kier molecular flexibility index (Phi) is 3.66. The third-order valence-electron chi connectivity index (χ3n) is 2.33. The van der Waals surface area contributed by atoms with Gasteiger partial charge in [-0.05, 0) is 37.5 Å². The Morgan fingerprint density at radius 3 is 2.62 bits per heavy atom. The Balaban J connectivity index is 2.93. The van der Waals surface area contributed by atoms with Gasteiger partial charge >= 0.3 is 0 Å². The number of rotatable bonds is 3. The average molecular weight is 196 g/mol. The van der Waals surface area contributed by atoms with Gasteiger partial charge in [-0.2, -0.15) is 0 Å². The van der Waals surface area contributed by atoms with Crippen molar-refractivity contribution in [3.05, 3.63) is 34.9 Å². The molecule has 0 bridgehead atoms.